The maximum absolute atomic E-state index is 8.79. The average Bonchev–Trinajstić information content (AvgIpc) is 2.49. The summed E-state index contributed by atoms with van der Waals surface area (Å²) in [4.78, 5) is 0. The first kappa shape index (κ1) is 11.2. The lowest BCUT2D eigenvalue weighted by Crippen LogP contribution is -1.91. The molecule has 0 radical (unpaired) electrons. The van der Waals surface area contributed by atoms with Crippen LogP contribution in [0.2, 0.25) is 0 Å². The van der Waals surface area contributed by atoms with Crippen LogP contribution in [0, 0.1) is 0 Å². The van der Waals surface area contributed by atoms with E-state index in [4.69, 9.17) is 5.11 Å². The summed E-state index contributed by atoms with van der Waals surface area (Å²) in [5.41, 5.74) is 1.93. The van der Waals surface area contributed by atoms with Crippen molar-refractivity contribution in [2.75, 3.05) is 0 Å². The topological polar surface area (TPSA) is 38.0 Å². The Kier molecular flexibility index (Phi) is 5.37. The van der Waals surface area contributed by atoms with Gasteiger partial charge in [-0.05, 0) is 12.0 Å². The molecule has 0 unspecified atom stereocenters. The Bertz CT molecular complexity index is 197. The third kappa shape index (κ3) is 2.66. The zero-order valence-corrected chi connectivity index (χ0v) is 8.33. The van der Waals surface area contributed by atoms with Crippen LogP contribution in [0.4, 0.5) is 0 Å². The van der Waals surface area contributed by atoms with Crippen molar-refractivity contribution in [3.8, 4) is 0 Å². The van der Waals surface area contributed by atoms with Crippen LogP contribution in [0.15, 0.2) is 6.20 Å². The SMILES string of the molecule is CC.CCc1cn(C)nc1CO. The van der Waals surface area contributed by atoms with Gasteiger partial charge in [0, 0.05) is 13.2 Å². The van der Waals surface area contributed by atoms with E-state index in [1.165, 1.54) is 0 Å². The summed E-state index contributed by atoms with van der Waals surface area (Å²) < 4.78 is 1.73. The van der Waals surface area contributed by atoms with E-state index in [9.17, 15) is 0 Å². The Morgan fingerprint density at radius 1 is 1.50 bits per heavy atom. The van der Waals surface area contributed by atoms with Gasteiger partial charge in [-0.25, -0.2) is 0 Å². The summed E-state index contributed by atoms with van der Waals surface area (Å²) in [5.74, 6) is 0. The Morgan fingerprint density at radius 3 is 2.42 bits per heavy atom. The molecule has 0 aliphatic carbocycles. The molecule has 0 aliphatic rings. The molecule has 0 saturated heterocycles. The highest BCUT2D eigenvalue weighted by atomic mass is 16.3. The van der Waals surface area contributed by atoms with Gasteiger partial charge in [0.25, 0.3) is 0 Å². The molecule has 0 atom stereocenters. The van der Waals surface area contributed by atoms with Crippen LogP contribution in [0.1, 0.15) is 32.0 Å². The first-order chi connectivity index (χ1) is 5.77. The van der Waals surface area contributed by atoms with Crippen LogP contribution < -0.4 is 0 Å². The number of aryl methyl sites for hydroxylation is 2. The van der Waals surface area contributed by atoms with Crippen molar-refractivity contribution in [3.63, 3.8) is 0 Å². The van der Waals surface area contributed by atoms with Crippen LogP contribution >= 0.6 is 0 Å². The normalized spacial score (nSPS) is 9.08. The molecule has 3 nitrogen and oxygen atoms in total. The first-order valence-corrected chi connectivity index (χ1v) is 4.40. The number of aliphatic hydroxyl groups excluding tert-OH is 1. The third-order valence-electron chi connectivity index (χ3n) is 1.52. The smallest absolute Gasteiger partial charge is 0.0910 e. The fourth-order valence-electron chi connectivity index (χ4n) is 1.01. The van der Waals surface area contributed by atoms with Crippen molar-refractivity contribution in [2.45, 2.75) is 33.8 Å². The summed E-state index contributed by atoms with van der Waals surface area (Å²) in [5, 5.41) is 12.9. The second kappa shape index (κ2) is 5.77. The minimum atomic E-state index is 0.0456. The molecule has 1 heterocycles. The van der Waals surface area contributed by atoms with Crippen molar-refractivity contribution >= 4 is 0 Å². The van der Waals surface area contributed by atoms with E-state index in [1.54, 1.807) is 4.68 Å². The van der Waals surface area contributed by atoms with Gasteiger partial charge < -0.3 is 5.11 Å². The summed E-state index contributed by atoms with van der Waals surface area (Å²) in [6.45, 7) is 6.10. The fraction of sp³-hybridized carbons (Fsp3) is 0.667. The quantitative estimate of drug-likeness (QED) is 0.730. The minimum Gasteiger partial charge on any atom is -0.390 e. The van der Waals surface area contributed by atoms with E-state index in [2.05, 4.69) is 12.0 Å². The maximum atomic E-state index is 8.79. The van der Waals surface area contributed by atoms with Gasteiger partial charge >= 0.3 is 0 Å². The van der Waals surface area contributed by atoms with Gasteiger partial charge in [-0.1, -0.05) is 20.8 Å². The molecule has 0 bridgehead atoms. The van der Waals surface area contributed by atoms with E-state index in [-0.39, 0.29) is 6.61 Å². The monoisotopic (exact) mass is 170 g/mol. The Balaban J connectivity index is 0.000000561. The van der Waals surface area contributed by atoms with Crippen molar-refractivity contribution < 1.29 is 5.11 Å². The van der Waals surface area contributed by atoms with E-state index in [1.807, 2.05) is 27.1 Å². The standard InChI is InChI=1S/C7H12N2O.C2H6/c1-3-6-4-9(2)8-7(6)5-10;1-2/h4,10H,3,5H2,1-2H3;1-2H3. The lowest BCUT2D eigenvalue weighted by Gasteiger charge is -1.90. The fourth-order valence-corrected chi connectivity index (χ4v) is 1.01. The molecule has 0 amide bonds. The molecule has 0 spiro atoms. The molecule has 0 aliphatic heterocycles. The summed E-state index contributed by atoms with van der Waals surface area (Å²) in [7, 11) is 1.86. The van der Waals surface area contributed by atoms with Crippen molar-refractivity contribution in [2.24, 2.45) is 7.05 Å². The maximum Gasteiger partial charge on any atom is 0.0910 e. The summed E-state index contributed by atoms with van der Waals surface area (Å²) in [6.07, 6.45) is 2.87. The van der Waals surface area contributed by atoms with Gasteiger partial charge in [-0.2, -0.15) is 5.10 Å². The number of rotatable bonds is 2. The number of hydrogen-bond donors (Lipinski definition) is 1. The molecule has 1 aromatic rings. The Labute approximate surface area is 74.0 Å². The van der Waals surface area contributed by atoms with Crippen LogP contribution in [0.5, 0.6) is 0 Å². The predicted octanol–water partition coefficient (Wildman–Crippen LogP) is 1.50. The van der Waals surface area contributed by atoms with Gasteiger partial charge in [0.2, 0.25) is 0 Å². The van der Waals surface area contributed by atoms with Gasteiger partial charge in [-0.3, -0.25) is 4.68 Å². The molecule has 0 saturated carbocycles. The third-order valence-corrected chi connectivity index (χ3v) is 1.52. The van der Waals surface area contributed by atoms with Gasteiger partial charge in [0.15, 0.2) is 0 Å². The number of aromatic nitrogens is 2. The highest BCUT2D eigenvalue weighted by Crippen LogP contribution is 2.05. The Morgan fingerprint density at radius 2 is 2.08 bits per heavy atom. The zero-order chi connectivity index (χ0) is 9.56. The molecule has 1 rings (SSSR count). The molecular formula is C9H18N2O. The second-order valence-corrected chi connectivity index (χ2v) is 2.29. The predicted molar refractivity (Wildman–Crippen MR) is 49.9 cm³/mol. The van der Waals surface area contributed by atoms with Gasteiger partial charge in [-0.15, -0.1) is 0 Å². The Hall–Kier alpha value is -0.830. The van der Waals surface area contributed by atoms with Crippen molar-refractivity contribution in [1.82, 2.24) is 9.78 Å². The lowest BCUT2D eigenvalue weighted by molar-refractivity contribution is 0.274. The molecule has 70 valence electrons. The van der Waals surface area contributed by atoms with Crippen molar-refractivity contribution in [3.05, 3.63) is 17.5 Å². The lowest BCUT2D eigenvalue weighted by atomic mass is 10.2. The van der Waals surface area contributed by atoms with Gasteiger partial charge in [0.05, 0.1) is 12.3 Å². The highest BCUT2D eigenvalue weighted by molar-refractivity contribution is 5.15. The number of nitrogens with zero attached hydrogens (tertiary/aromatic N) is 2. The minimum absolute atomic E-state index is 0.0456. The largest absolute Gasteiger partial charge is 0.390 e. The molecule has 0 aromatic carbocycles. The molecule has 1 N–H and O–H groups in total. The van der Waals surface area contributed by atoms with E-state index in [0.717, 1.165) is 17.7 Å². The molecule has 3 heteroatoms. The van der Waals surface area contributed by atoms with Crippen LogP contribution in [0.25, 0.3) is 0 Å². The number of hydrogen-bond acceptors (Lipinski definition) is 2. The highest BCUT2D eigenvalue weighted by Gasteiger charge is 2.02. The average molecular weight is 170 g/mol. The van der Waals surface area contributed by atoms with Crippen LogP contribution in [0.3, 0.4) is 0 Å². The molecule has 1 aromatic heterocycles. The van der Waals surface area contributed by atoms with E-state index >= 15 is 0 Å². The molecular weight excluding hydrogens is 152 g/mol. The van der Waals surface area contributed by atoms with E-state index in [0.29, 0.717) is 0 Å². The summed E-state index contributed by atoms with van der Waals surface area (Å²) in [6, 6.07) is 0. The van der Waals surface area contributed by atoms with Crippen molar-refractivity contribution in [1.29, 1.82) is 0 Å². The summed E-state index contributed by atoms with van der Waals surface area (Å²) >= 11 is 0. The van der Waals surface area contributed by atoms with Gasteiger partial charge in [0.1, 0.15) is 0 Å². The van der Waals surface area contributed by atoms with Crippen LogP contribution in [-0.4, -0.2) is 14.9 Å². The number of aliphatic hydroxyl groups is 1. The second-order valence-electron chi connectivity index (χ2n) is 2.29. The zero-order valence-electron chi connectivity index (χ0n) is 8.33. The first-order valence-electron chi connectivity index (χ1n) is 4.40. The van der Waals surface area contributed by atoms with E-state index < -0.39 is 0 Å². The van der Waals surface area contributed by atoms with Crippen LogP contribution in [-0.2, 0) is 20.1 Å². The molecule has 12 heavy (non-hydrogen) atoms. The molecule has 0 fully saturated rings.